The Balaban J connectivity index is 2.12. The van der Waals surface area contributed by atoms with Crippen molar-refractivity contribution in [3.8, 4) is 0 Å². The number of carbonyl (C=O) groups is 4. The molecule has 2 amide bonds. The van der Waals surface area contributed by atoms with Crippen molar-refractivity contribution in [2.45, 2.75) is 101 Å². The summed E-state index contributed by atoms with van der Waals surface area (Å²) in [5, 5.41) is 0. The lowest BCUT2D eigenvalue weighted by Gasteiger charge is -2.51. The molecule has 2 aliphatic carbocycles. The Morgan fingerprint density at radius 2 is 1.00 bits per heavy atom. The normalized spacial score (nSPS) is 28.2. The number of rotatable bonds is 8. The molecule has 0 aromatic rings. The van der Waals surface area contributed by atoms with E-state index in [0.717, 1.165) is 39.8 Å². The van der Waals surface area contributed by atoms with Crippen molar-refractivity contribution < 1.29 is 80.2 Å². The SMILES string of the molecule is CC(=O)O[C@H]1CCC=C(OS(=O)(=O)C(F)(F)F)[C@@H]1N1C(=O)[C@H](C)N([C@H]2C(OS(=O)(=O)C(F)(F)F)=CCC[C@@H]2OC(C)=O)C(=O)[C@@H]1C. The number of ether oxygens (including phenoxy) is 2. The van der Waals surface area contributed by atoms with Crippen LogP contribution in [0.2, 0.25) is 0 Å². The second kappa shape index (κ2) is 12.9. The third-order valence-corrected chi connectivity index (χ3v) is 9.11. The van der Waals surface area contributed by atoms with Gasteiger partial charge in [-0.05, 0) is 51.7 Å². The first-order valence-corrected chi connectivity index (χ1v) is 16.1. The van der Waals surface area contributed by atoms with Gasteiger partial charge in [0.25, 0.3) is 0 Å². The van der Waals surface area contributed by atoms with Gasteiger partial charge in [-0.3, -0.25) is 19.2 Å². The highest BCUT2D eigenvalue weighted by molar-refractivity contribution is 7.88. The minimum atomic E-state index is -6.33. The van der Waals surface area contributed by atoms with Gasteiger partial charge >= 0.3 is 43.2 Å². The van der Waals surface area contributed by atoms with Crippen LogP contribution in [0, 0.1) is 0 Å². The molecule has 46 heavy (non-hydrogen) atoms. The second-order valence-corrected chi connectivity index (χ2v) is 13.4. The number of hydrogen-bond acceptors (Lipinski definition) is 12. The van der Waals surface area contributed by atoms with Crippen LogP contribution in [0.15, 0.2) is 23.7 Å². The lowest BCUT2D eigenvalue weighted by Crippen LogP contribution is -2.71. The molecule has 0 unspecified atom stereocenters. The van der Waals surface area contributed by atoms with Crippen LogP contribution in [-0.4, -0.2) is 97.8 Å². The molecule has 0 spiro atoms. The summed E-state index contributed by atoms with van der Waals surface area (Å²) < 4.78 is 146. The van der Waals surface area contributed by atoms with E-state index >= 15 is 0 Å². The molecule has 0 radical (unpaired) electrons. The van der Waals surface area contributed by atoms with Crippen LogP contribution in [-0.2, 0) is 57.3 Å². The fourth-order valence-corrected chi connectivity index (χ4v) is 6.36. The van der Waals surface area contributed by atoms with E-state index in [-0.39, 0.29) is 25.7 Å². The second-order valence-electron chi connectivity index (χ2n) is 10.4. The Bertz CT molecular complexity index is 1430. The summed E-state index contributed by atoms with van der Waals surface area (Å²) >= 11 is 0. The molecule has 1 heterocycles. The highest BCUT2D eigenvalue weighted by atomic mass is 32.2. The Hall–Kier alpha value is -3.56. The molecular formula is C24H28F6N2O12S2. The first-order chi connectivity index (χ1) is 20.9. The van der Waals surface area contributed by atoms with Crippen molar-refractivity contribution in [2.75, 3.05) is 0 Å². The van der Waals surface area contributed by atoms with Crippen LogP contribution >= 0.6 is 0 Å². The number of piperazine rings is 1. The molecule has 1 aliphatic heterocycles. The lowest BCUT2D eigenvalue weighted by molar-refractivity contribution is -0.176. The summed E-state index contributed by atoms with van der Waals surface area (Å²) in [7, 11) is -12.7. The average Bonchev–Trinajstić information content (AvgIpc) is 2.88. The fourth-order valence-electron chi connectivity index (χ4n) is 5.33. The van der Waals surface area contributed by atoms with Crippen LogP contribution in [0.25, 0.3) is 0 Å². The maximum atomic E-state index is 13.9. The van der Waals surface area contributed by atoms with Crippen LogP contribution in [0.3, 0.4) is 0 Å². The molecule has 0 aromatic carbocycles. The molecule has 0 saturated carbocycles. The number of alkyl halides is 6. The van der Waals surface area contributed by atoms with Crippen molar-refractivity contribution >= 4 is 44.0 Å². The number of hydrogen-bond donors (Lipinski definition) is 0. The summed E-state index contributed by atoms with van der Waals surface area (Å²) in [6.45, 7) is 3.88. The zero-order valence-corrected chi connectivity index (χ0v) is 26.0. The third-order valence-electron chi connectivity index (χ3n) is 7.15. The van der Waals surface area contributed by atoms with Gasteiger partial charge in [0.15, 0.2) is 0 Å². The van der Waals surface area contributed by atoms with Gasteiger partial charge in [0.05, 0.1) is 0 Å². The Kier molecular flexibility index (Phi) is 10.4. The van der Waals surface area contributed by atoms with E-state index in [1.807, 2.05) is 0 Å². The number of allylic oxidation sites excluding steroid dienone is 2. The van der Waals surface area contributed by atoms with Crippen LogP contribution in [0.1, 0.15) is 53.4 Å². The van der Waals surface area contributed by atoms with Crippen LogP contribution in [0.4, 0.5) is 26.3 Å². The summed E-state index contributed by atoms with van der Waals surface area (Å²) in [6, 6.07) is -7.41. The Labute approximate surface area is 258 Å². The molecule has 1 fully saturated rings. The quantitative estimate of drug-likeness (QED) is 0.155. The maximum Gasteiger partial charge on any atom is 0.534 e. The van der Waals surface area contributed by atoms with Crippen molar-refractivity contribution in [3.05, 3.63) is 23.7 Å². The fraction of sp³-hybridized carbons (Fsp3) is 0.667. The van der Waals surface area contributed by atoms with Crippen molar-refractivity contribution in [1.29, 1.82) is 0 Å². The number of amides is 2. The minimum absolute atomic E-state index is 0.168. The molecule has 6 atom stereocenters. The van der Waals surface area contributed by atoms with Gasteiger partial charge in [-0.25, -0.2) is 0 Å². The Morgan fingerprint density at radius 3 is 1.26 bits per heavy atom. The van der Waals surface area contributed by atoms with Crippen molar-refractivity contribution in [1.82, 2.24) is 9.80 Å². The number of nitrogens with zero attached hydrogens (tertiary/aromatic N) is 2. The minimum Gasteiger partial charge on any atom is -0.460 e. The molecule has 0 bridgehead atoms. The largest absolute Gasteiger partial charge is 0.534 e. The smallest absolute Gasteiger partial charge is 0.460 e. The first-order valence-electron chi connectivity index (χ1n) is 13.3. The molecule has 1 saturated heterocycles. The number of halogens is 6. The topological polar surface area (TPSA) is 180 Å². The predicted octanol–water partition coefficient (Wildman–Crippen LogP) is 2.12. The third kappa shape index (κ3) is 7.36. The maximum absolute atomic E-state index is 13.9. The van der Waals surface area contributed by atoms with E-state index in [2.05, 4.69) is 8.37 Å². The summed E-state index contributed by atoms with van der Waals surface area (Å²) in [5.74, 6) is -6.31. The highest BCUT2D eigenvalue weighted by Crippen LogP contribution is 2.39. The zero-order chi connectivity index (χ0) is 35.2. The zero-order valence-electron chi connectivity index (χ0n) is 24.3. The summed E-state index contributed by atoms with van der Waals surface area (Å²) in [6.07, 6.45) is -1.98. The van der Waals surface area contributed by atoms with Gasteiger partial charge in [0.1, 0.15) is 47.9 Å². The van der Waals surface area contributed by atoms with E-state index in [0.29, 0.717) is 9.80 Å². The molecule has 0 N–H and O–H groups in total. The summed E-state index contributed by atoms with van der Waals surface area (Å²) in [4.78, 5) is 52.7. The predicted molar refractivity (Wildman–Crippen MR) is 138 cm³/mol. The van der Waals surface area contributed by atoms with E-state index < -0.39 is 103 Å². The molecular weight excluding hydrogens is 686 g/mol. The molecule has 3 rings (SSSR count). The standard InChI is InChI=1S/C24H28F6N2O12S2/c1-11-21(35)32(20-16(42-14(4)34)8-6-10-18(20)44-46(39,40)24(28,29)30)12(2)22(36)31(11)19-15(41-13(3)33)7-5-9-17(19)43-45(37,38)23(25,26)27/h9-12,15-16,19-20H,5-8H2,1-4H3/t11-,12-,15-,16-,19+,20+/m0/s1. The van der Waals surface area contributed by atoms with Gasteiger partial charge < -0.3 is 27.6 Å². The highest BCUT2D eigenvalue weighted by Gasteiger charge is 2.57. The molecule has 3 aliphatic rings. The average molecular weight is 715 g/mol. The molecule has 22 heteroatoms. The molecule has 260 valence electrons. The van der Waals surface area contributed by atoms with Gasteiger partial charge in [-0.2, -0.15) is 43.2 Å². The van der Waals surface area contributed by atoms with E-state index in [4.69, 9.17) is 9.47 Å². The van der Waals surface area contributed by atoms with Crippen molar-refractivity contribution in [2.24, 2.45) is 0 Å². The Morgan fingerprint density at radius 1 is 0.696 bits per heavy atom. The first kappa shape index (κ1) is 36.9. The number of carbonyl (C=O) groups excluding carboxylic acids is 4. The molecule has 14 nitrogen and oxygen atoms in total. The van der Waals surface area contributed by atoms with Crippen LogP contribution < -0.4 is 0 Å². The van der Waals surface area contributed by atoms with E-state index in [9.17, 15) is 62.4 Å². The molecule has 0 aromatic heterocycles. The summed E-state index contributed by atoms with van der Waals surface area (Å²) in [5.41, 5.74) is -11.8. The van der Waals surface area contributed by atoms with Gasteiger partial charge in [0, 0.05) is 13.8 Å². The van der Waals surface area contributed by atoms with E-state index in [1.54, 1.807) is 0 Å². The van der Waals surface area contributed by atoms with Gasteiger partial charge in [-0.15, -0.1) is 0 Å². The van der Waals surface area contributed by atoms with Crippen LogP contribution in [0.5, 0.6) is 0 Å². The monoisotopic (exact) mass is 714 g/mol. The number of esters is 2. The van der Waals surface area contributed by atoms with Gasteiger partial charge in [0.2, 0.25) is 11.8 Å². The lowest BCUT2D eigenvalue weighted by atomic mass is 9.89. The van der Waals surface area contributed by atoms with E-state index in [1.165, 1.54) is 0 Å². The van der Waals surface area contributed by atoms with Gasteiger partial charge in [-0.1, -0.05) is 0 Å². The van der Waals surface area contributed by atoms with Crippen molar-refractivity contribution in [3.63, 3.8) is 0 Å².